The Kier molecular flexibility index (Phi) is 4.00. The van der Waals surface area contributed by atoms with Crippen LogP contribution < -0.4 is 10.1 Å². The van der Waals surface area contributed by atoms with Crippen LogP contribution in [0.1, 0.15) is 25.3 Å². The number of anilines is 1. The molecular formula is C15H19N3O. The molecule has 2 aromatic rings. The molecule has 1 N–H and O–H groups in total. The fourth-order valence-electron chi connectivity index (χ4n) is 2.02. The van der Waals surface area contributed by atoms with Crippen LogP contribution in [0.25, 0.3) is 11.3 Å². The molecule has 0 saturated heterocycles. The van der Waals surface area contributed by atoms with Gasteiger partial charge in [-0.05, 0) is 29.7 Å². The molecule has 0 unspecified atom stereocenters. The zero-order chi connectivity index (χ0) is 13.8. The Balaban J connectivity index is 2.64. The van der Waals surface area contributed by atoms with E-state index in [4.69, 9.17) is 4.74 Å². The van der Waals surface area contributed by atoms with Gasteiger partial charge >= 0.3 is 0 Å². The molecule has 0 fully saturated rings. The monoisotopic (exact) mass is 257 g/mol. The minimum Gasteiger partial charge on any atom is -0.481 e. The summed E-state index contributed by atoms with van der Waals surface area (Å²) in [7, 11) is 3.49. The van der Waals surface area contributed by atoms with Crippen molar-refractivity contribution >= 4 is 5.82 Å². The minimum atomic E-state index is 0.387. The zero-order valence-electron chi connectivity index (χ0n) is 11.8. The largest absolute Gasteiger partial charge is 0.481 e. The average molecular weight is 257 g/mol. The van der Waals surface area contributed by atoms with Crippen LogP contribution in [0, 0.1) is 0 Å². The van der Waals surface area contributed by atoms with Gasteiger partial charge in [-0.25, -0.2) is 9.97 Å². The van der Waals surface area contributed by atoms with E-state index >= 15 is 0 Å². The van der Waals surface area contributed by atoms with Crippen molar-refractivity contribution in [2.24, 2.45) is 0 Å². The molecule has 4 heteroatoms. The van der Waals surface area contributed by atoms with E-state index < -0.39 is 0 Å². The van der Waals surface area contributed by atoms with E-state index in [0.717, 1.165) is 17.1 Å². The molecule has 0 spiro atoms. The molecule has 4 nitrogen and oxygen atoms in total. The van der Waals surface area contributed by atoms with Gasteiger partial charge in [-0.15, -0.1) is 0 Å². The van der Waals surface area contributed by atoms with E-state index in [0.29, 0.717) is 11.8 Å². The Hall–Kier alpha value is -2.10. The van der Waals surface area contributed by atoms with Gasteiger partial charge in [0.15, 0.2) is 0 Å². The lowest BCUT2D eigenvalue weighted by Gasteiger charge is -2.15. The van der Waals surface area contributed by atoms with Crippen LogP contribution in [0.15, 0.2) is 30.5 Å². The lowest BCUT2D eigenvalue weighted by molar-refractivity contribution is 0.399. The first kappa shape index (κ1) is 13.3. The minimum absolute atomic E-state index is 0.387. The predicted molar refractivity (Wildman–Crippen MR) is 77.7 cm³/mol. The number of pyridine rings is 2. The van der Waals surface area contributed by atoms with Gasteiger partial charge in [0, 0.05) is 13.2 Å². The summed E-state index contributed by atoms with van der Waals surface area (Å²) in [5.41, 5.74) is 3.03. The quantitative estimate of drug-likeness (QED) is 0.912. The fourth-order valence-corrected chi connectivity index (χ4v) is 2.02. The molecular weight excluding hydrogens is 238 g/mol. The summed E-state index contributed by atoms with van der Waals surface area (Å²) < 4.78 is 5.34. The third-order valence-electron chi connectivity index (χ3n) is 3.02. The summed E-state index contributed by atoms with van der Waals surface area (Å²) in [6.07, 6.45) is 1.72. The summed E-state index contributed by atoms with van der Waals surface area (Å²) in [4.78, 5) is 8.91. The molecule has 0 aliphatic carbocycles. The molecule has 0 radical (unpaired) electrons. The SMILES string of the molecule is CNc1ccc(C(C)C)c(-c2cccnc2OC)n1. The van der Waals surface area contributed by atoms with Crippen LogP contribution >= 0.6 is 0 Å². The molecule has 0 aromatic carbocycles. The summed E-state index contributed by atoms with van der Waals surface area (Å²) >= 11 is 0. The fraction of sp³-hybridized carbons (Fsp3) is 0.333. The predicted octanol–water partition coefficient (Wildman–Crippen LogP) is 3.32. The van der Waals surface area contributed by atoms with Crippen molar-refractivity contribution in [2.45, 2.75) is 19.8 Å². The smallest absolute Gasteiger partial charge is 0.222 e. The van der Waals surface area contributed by atoms with Crippen molar-refractivity contribution in [1.82, 2.24) is 9.97 Å². The standard InChI is InChI=1S/C15H19N3O/c1-10(2)11-7-8-13(16-3)18-14(11)12-6-5-9-17-15(12)19-4/h5-10H,1-4H3,(H,16,18). The molecule has 0 amide bonds. The molecule has 0 saturated carbocycles. The highest BCUT2D eigenvalue weighted by atomic mass is 16.5. The van der Waals surface area contributed by atoms with Crippen LogP contribution in [0.3, 0.4) is 0 Å². The first-order chi connectivity index (χ1) is 9.17. The highest BCUT2D eigenvalue weighted by Crippen LogP contribution is 2.33. The maximum atomic E-state index is 5.34. The van der Waals surface area contributed by atoms with E-state index in [2.05, 4.69) is 35.2 Å². The van der Waals surface area contributed by atoms with E-state index in [-0.39, 0.29) is 0 Å². The second-order valence-corrected chi connectivity index (χ2v) is 4.60. The van der Waals surface area contributed by atoms with Gasteiger partial charge in [-0.3, -0.25) is 0 Å². The van der Waals surface area contributed by atoms with Crippen LogP contribution in [-0.4, -0.2) is 24.1 Å². The van der Waals surface area contributed by atoms with Crippen molar-refractivity contribution in [1.29, 1.82) is 0 Å². The molecule has 0 aliphatic rings. The molecule has 100 valence electrons. The summed E-state index contributed by atoms with van der Waals surface area (Å²) in [5.74, 6) is 1.83. The number of hydrogen-bond donors (Lipinski definition) is 1. The van der Waals surface area contributed by atoms with Crippen molar-refractivity contribution in [3.05, 3.63) is 36.0 Å². The lowest BCUT2D eigenvalue weighted by atomic mass is 9.97. The number of ether oxygens (including phenoxy) is 1. The van der Waals surface area contributed by atoms with Gasteiger partial charge in [0.2, 0.25) is 5.88 Å². The van der Waals surface area contributed by atoms with Crippen molar-refractivity contribution < 1.29 is 4.74 Å². The Morgan fingerprint density at radius 1 is 1.21 bits per heavy atom. The van der Waals surface area contributed by atoms with E-state index in [1.165, 1.54) is 5.56 Å². The third kappa shape index (κ3) is 2.67. The second-order valence-electron chi connectivity index (χ2n) is 4.60. The zero-order valence-corrected chi connectivity index (χ0v) is 11.8. The Morgan fingerprint density at radius 2 is 2.00 bits per heavy atom. The summed E-state index contributed by atoms with van der Waals surface area (Å²) in [6.45, 7) is 4.31. The van der Waals surface area contributed by atoms with Gasteiger partial charge in [0.1, 0.15) is 5.82 Å². The second kappa shape index (κ2) is 5.69. The maximum Gasteiger partial charge on any atom is 0.222 e. The molecule has 2 rings (SSSR count). The van der Waals surface area contributed by atoms with Crippen LogP contribution in [0.5, 0.6) is 5.88 Å². The number of aromatic nitrogens is 2. The molecule has 0 bridgehead atoms. The van der Waals surface area contributed by atoms with Gasteiger partial charge in [0.25, 0.3) is 0 Å². The number of rotatable bonds is 4. The molecule has 2 heterocycles. The summed E-state index contributed by atoms with van der Waals surface area (Å²) in [6, 6.07) is 7.97. The van der Waals surface area contributed by atoms with Gasteiger partial charge in [0.05, 0.1) is 18.4 Å². The highest BCUT2D eigenvalue weighted by molar-refractivity contribution is 5.70. The van der Waals surface area contributed by atoms with Crippen molar-refractivity contribution in [2.75, 3.05) is 19.5 Å². The van der Waals surface area contributed by atoms with Crippen molar-refractivity contribution in [3.8, 4) is 17.1 Å². The lowest BCUT2D eigenvalue weighted by Crippen LogP contribution is -2.01. The van der Waals surface area contributed by atoms with Crippen molar-refractivity contribution in [3.63, 3.8) is 0 Å². The normalized spacial score (nSPS) is 10.6. The first-order valence-electron chi connectivity index (χ1n) is 6.35. The Labute approximate surface area is 113 Å². The number of methoxy groups -OCH3 is 1. The van der Waals surface area contributed by atoms with Gasteiger partial charge < -0.3 is 10.1 Å². The molecule has 0 atom stereocenters. The Morgan fingerprint density at radius 3 is 2.63 bits per heavy atom. The van der Waals surface area contributed by atoms with E-state index in [1.807, 2.05) is 25.2 Å². The third-order valence-corrected chi connectivity index (χ3v) is 3.02. The summed E-state index contributed by atoms with van der Waals surface area (Å²) in [5, 5.41) is 3.07. The molecule has 2 aromatic heterocycles. The van der Waals surface area contributed by atoms with Crippen LogP contribution in [0.4, 0.5) is 5.82 Å². The van der Waals surface area contributed by atoms with E-state index in [9.17, 15) is 0 Å². The topological polar surface area (TPSA) is 47.0 Å². The first-order valence-corrected chi connectivity index (χ1v) is 6.35. The highest BCUT2D eigenvalue weighted by Gasteiger charge is 2.15. The molecule has 19 heavy (non-hydrogen) atoms. The van der Waals surface area contributed by atoms with Gasteiger partial charge in [-0.2, -0.15) is 0 Å². The van der Waals surface area contributed by atoms with Gasteiger partial charge in [-0.1, -0.05) is 19.9 Å². The maximum absolute atomic E-state index is 5.34. The number of hydrogen-bond acceptors (Lipinski definition) is 4. The van der Waals surface area contributed by atoms with Crippen LogP contribution in [0.2, 0.25) is 0 Å². The van der Waals surface area contributed by atoms with Crippen LogP contribution in [-0.2, 0) is 0 Å². The Bertz CT molecular complexity index is 567. The number of nitrogens with one attached hydrogen (secondary N) is 1. The average Bonchev–Trinajstić information content (AvgIpc) is 2.46. The number of nitrogens with zero attached hydrogens (tertiary/aromatic N) is 2. The van der Waals surface area contributed by atoms with E-state index in [1.54, 1.807) is 13.3 Å². The molecule has 0 aliphatic heterocycles.